The number of rotatable bonds is 4. The van der Waals surface area contributed by atoms with Crippen molar-refractivity contribution in [1.29, 1.82) is 0 Å². The molecule has 0 heterocycles. The van der Waals surface area contributed by atoms with E-state index < -0.39 is 0 Å². The largest absolute Gasteiger partial charge is 4.00 e. The van der Waals surface area contributed by atoms with Crippen LogP contribution in [0.4, 0.5) is 0 Å². The summed E-state index contributed by atoms with van der Waals surface area (Å²) in [5, 5.41) is 0. The van der Waals surface area contributed by atoms with Gasteiger partial charge in [-0.05, 0) is 11.1 Å². The van der Waals surface area contributed by atoms with Crippen LogP contribution in [0, 0.1) is 0 Å². The monoisotopic (exact) mass is 246 g/mol. The molecule has 0 fully saturated rings. The Kier molecular flexibility index (Phi) is 6.09. The topological polar surface area (TPSA) is 9.23 Å². The molecule has 1 nitrogen and oxygen atoms in total. The van der Waals surface area contributed by atoms with Crippen LogP contribution in [0.2, 0.25) is 0 Å². The molecule has 0 aliphatic rings. The normalized spacial score (nSPS) is 9.50. The fourth-order valence-corrected chi connectivity index (χ4v) is 1.44. The molecule has 2 rings (SSSR count). The van der Waals surface area contributed by atoms with Crippen LogP contribution in [0.25, 0.3) is 0 Å². The van der Waals surface area contributed by atoms with Crippen LogP contribution < -0.4 is 0 Å². The zero-order valence-electron chi connectivity index (χ0n) is 9.10. The van der Waals surface area contributed by atoms with Gasteiger partial charge in [-0.25, -0.2) is 0 Å². The molecule has 0 aliphatic heterocycles. The Morgan fingerprint density at radius 1 is 0.625 bits per heavy atom. The van der Waals surface area contributed by atoms with Gasteiger partial charge in [-0.15, -0.1) is 0 Å². The van der Waals surface area contributed by atoms with E-state index in [4.69, 9.17) is 4.74 Å². The second kappa shape index (κ2) is 7.40. The number of hydrogen-bond acceptors (Lipinski definition) is 1. The van der Waals surface area contributed by atoms with Gasteiger partial charge in [-0.2, -0.15) is 0 Å². The number of ether oxygens (including phenoxy) is 1. The third-order valence-corrected chi connectivity index (χ3v) is 2.22. The predicted molar refractivity (Wildman–Crippen MR) is 61.4 cm³/mol. The first-order chi connectivity index (χ1) is 7.45. The molecule has 2 aromatic rings. The molecule has 0 amide bonds. The molecular formula is C14H14OTi+4. The Morgan fingerprint density at radius 3 is 1.38 bits per heavy atom. The molecule has 0 N–H and O–H groups in total. The van der Waals surface area contributed by atoms with Gasteiger partial charge in [0.05, 0.1) is 13.2 Å². The van der Waals surface area contributed by atoms with Gasteiger partial charge in [-0.1, -0.05) is 60.7 Å². The fourth-order valence-electron chi connectivity index (χ4n) is 1.44. The van der Waals surface area contributed by atoms with Crippen molar-refractivity contribution in [2.24, 2.45) is 0 Å². The summed E-state index contributed by atoms with van der Waals surface area (Å²) in [7, 11) is 0. The van der Waals surface area contributed by atoms with Crippen molar-refractivity contribution in [3.8, 4) is 0 Å². The average Bonchev–Trinajstić information content (AvgIpc) is 2.32. The SMILES string of the molecule is [Ti+4].c1ccc(COCc2ccccc2)cc1. The zero-order valence-corrected chi connectivity index (χ0v) is 10.7. The molecule has 0 saturated carbocycles. The summed E-state index contributed by atoms with van der Waals surface area (Å²) in [5.74, 6) is 0. The smallest absolute Gasteiger partial charge is 0.372 e. The van der Waals surface area contributed by atoms with Gasteiger partial charge in [0, 0.05) is 0 Å². The van der Waals surface area contributed by atoms with Crippen LogP contribution in [0.3, 0.4) is 0 Å². The van der Waals surface area contributed by atoms with E-state index in [9.17, 15) is 0 Å². The summed E-state index contributed by atoms with van der Waals surface area (Å²) >= 11 is 0. The van der Waals surface area contributed by atoms with E-state index in [2.05, 4.69) is 24.3 Å². The van der Waals surface area contributed by atoms with Gasteiger partial charge in [0.15, 0.2) is 0 Å². The molecule has 16 heavy (non-hydrogen) atoms. The summed E-state index contributed by atoms with van der Waals surface area (Å²) < 4.78 is 5.61. The minimum atomic E-state index is 0. The van der Waals surface area contributed by atoms with Crippen molar-refractivity contribution in [3.63, 3.8) is 0 Å². The van der Waals surface area contributed by atoms with Crippen molar-refractivity contribution in [3.05, 3.63) is 71.8 Å². The molecule has 2 aromatic carbocycles. The number of hydrogen-bond donors (Lipinski definition) is 0. The zero-order chi connectivity index (χ0) is 10.3. The molecule has 0 radical (unpaired) electrons. The molecule has 0 saturated heterocycles. The molecule has 0 unspecified atom stereocenters. The van der Waals surface area contributed by atoms with Crippen LogP contribution in [0.15, 0.2) is 60.7 Å². The van der Waals surface area contributed by atoms with Crippen molar-refractivity contribution in [2.45, 2.75) is 13.2 Å². The summed E-state index contributed by atoms with van der Waals surface area (Å²) in [6.45, 7) is 1.35. The molecule has 0 bridgehead atoms. The molecule has 0 aromatic heterocycles. The fraction of sp³-hybridized carbons (Fsp3) is 0.143. The van der Waals surface area contributed by atoms with Crippen molar-refractivity contribution in [1.82, 2.24) is 0 Å². The number of benzene rings is 2. The molecule has 0 spiro atoms. The maximum Gasteiger partial charge on any atom is 4.00 e. The van der Waals surface area contributed by atoms with E-state index >= 15 is 0 Å². The summed E-state index contributed by atoms with van der Waals surface area (Å²) in [6, 6.07) is 20.4. The minimum absolute atomic E-state index is 0. The third-order valence-electron chi connectivity index (χ3n) is 2.22. The quantitative estimate of drug-likeness (QED) is 0.751. The van der Waals surface area contributed by atoms with E-state index in [0.29, 0.717) is 13.2 Å². The Bertz CT molecular complexity index is 346. The maximum atomic E-state index is 5.61. The minimum Gasteiger partial charge on any atom is -0.372 e. The third kappa shape index (κ3) is 4.32. The second-order valence-corrected chi connectivity index (χ2v) is 3.46. The first-order valence-electron chi connectivity index (χ1n) is 5.11. The van der Waals surface area contributed by atoms with Crippen LogP contribution in [-0.2, 0) is 39.7 Å². The maximum absolute atomic E-state index is 5.61. The van der Waals surface area contributed by atoms with E-state index in [0.717, 1.165) is 0 Å². The summed E-state index contributed by atoms with van der Waals surface area (Å²) in [5.41, 5.74) is 2.43. The van der Waals surface area contributed by atoms with E-state index in [1.807, 2.05) is 36.4 Å². The average molecular weight is 246 g/mol. The van der Waals surface area contributed by atoms with Crippen molar-refractivity contribution >= 4 is 0 Å². The van der Waals surface area contributed by atoms with Crippen LogP contribution in [-0.4, -0.2) is 0 Å². The molecule has 0 atom stereocenters. The summed E-state index contributed by atoms with van der Waals surface area (Å²) in [6.07, 6.45) is 0. The van der Waals surface area contributed by atoms with Crippen molar-refractivity contribution in [2.75, 3.05) is 0 Å². The predicted octanol–water partition coefficient (Wildman–Crippen LogP) is 3.40. The van der Waals surface area contributed by atoms with Gasteiger partial charge in [0.1, 0.15) is 0 Å². The first kappa shape index (κ1) is 13.2. The van der Waals surface area contributed by atoms with E-state index in [-0.39, 0.29) is 21.7 Å². The first-order valence-corrected chi connectivity index (χ1v) is 5.11. The van der Waals surface area contributed by atoms with Gasteiger partial charge >= 0.3 is 21.7 Å². The van der Waals surface area contributed by atoms with Gasteiger partial charge < -0.3 is 4.74 Å². The summed E-state index contributed by atoms with van der Waals surface area (Å²) in [4.78, 5) is 0. The van der Waals surface area contributed by atoms with E-state index in [1.165, 1.54) is 11.1 Å². The van der Waals surface area contributed by atoms with Crippen LogP contribution >= 0.6 is 0 Å². The van der Waals surface area contributed by atoms with Gasteiger partial charge in [-0.3, -0.25) is 0 Å². The Labute approximate surface area is 111 Å². The molecule has 76 valence electrons. The standard InChI is InChI=1S/C14H14O.Ti/c1-3-7-13(8-4-1)11-15-12-14-9-5-2-6-10-14;/h1-10H,11-12H2;/q;+4. The Morgan fingerprint density at radius 2 is 1.00 bits per heavy atom. The Hall–Kier alpha value is -0.886. The van der Waals surface area contributed by atoms with Crippen LogP contribution in [0.1, 0.15) is 11.1 Å². The molecule has 2 heteroatoms. The van der Waals surface area contributed by atoms with Crippen molar-refractivity contribution < 1.29 is 26.5 Å². The second-order valence-electron chi connectivity index (χ2n) is 3.46. The van der Waals surface area contributed by atoms with E-state index in [1.54, 1.807) is 0 Å². The molecular weight excluding hydrogens is 232 g/mol. The Balaban J connectivity index is 0.00000128. The van der Waals surface area contributed by atoms with Crippen LogP contribution in [0.5, 0.6) is 0 Å². The van der Waals surface area contributed by atoms with Gasteiger partial charge in [0.25, 0.3) is 0 Å². The molecule has 0 aliphatic carbocycles. The van der Waals surface area contributed by atoms with Gasteiger partial charge in [0.2, 0.25) is 0 Å².